The van der Waals surface area contributed by atoms with Crippen molar-refractivity contribution < 1.29 is 14.3 Å². The van der Waals surface area contributed by atoms with Gasteiger partial charge in [-0.1, -0.05) is 43.2 Å². The van der Waals surface area contributed by atoms with Crippen LogP contribution in [0, 0.1) is 5.92 Å². The molecule has 0 spiro atoms. The summed E-state index contributed by atoms with van der Waals surface area (Å²) in [5.74, 6) is 0.597. The molecular weight excluding hydrogens is 354 g/mol. The lowest BCUT2D eigenvalue weighted by Crippen LogP contribution is -2.55. The number of amides is 3. The SMILES string of the molecule is O=C(NC(c1ccccc1)C1CCCC1)N1CCN(C(=O)C2CCCO2)CC1. The van der Waals surface area contributed by atoms with Crippen LogP contribution in [0.1, 0.15) is 50.1 Å². The summed E-state index contributed by atoms with van der Waals surface area (Å²) in [6, 6.07) is 10.4. The maximum absolute atomic E-state index is 13.0. The molecule has 28 heavy (non-hydrogen) atoms. The fourth-order valence-corrected chi connectivity index (χ4v) is 4.75. The highest BCUT2D eigenvalue weighted by Crippen LogP contribution is 2.35. The summed E-state index contributed by atoms with van der Waals surface area (Å²) in [7, 11) is 0. The predicted octanol–water partition coefficient (Wildman–Crippen LogP) is 2.95. The summed E-state index contributed by atoms with van der Waals surface area (Å²) < 4.78 is 5.52. The van der Waals surface area contributed by atoms with Gasteiger partial charge in [-0.2, -0.15) is 0 Å². The first-order valence-corrected chi connectivity index (χ1v) is 10.7. The number of benzene rings is 1. The van der Waals surface area contributed by atoms with Crippen LogP contribution >= 0.6 is 0 Å². The number of carbonyl (C=O) groups is 2. The molecule has 4 rings (SSSR count). The van der Waals surface area contributed by atoms with Crippen LogP contribution in [0.25, 0.3) is 0 Å². The summed E-state index contributed by atoms with van der Waals surface area (Å²) >= 11 is 0. The lowest BCUT2D eigenvalue weighted by molar-refractivity contribution is -0.142. The molecule has 1 aromatic rings. The van der Waals surface area contributed by atoms with Crippen molar-refractivity contribution in [2.75, 3.05) is 32.8 Å². The van der Waals surface area contributed by atoms with Crippen LogP contribution in [-0.2, 0) is 9.53 Å². The zero-order valence-electron chi connectivity index (χ0n) is 16.5. The summed E-state index contributed by atoms with van der Waals surface area (Å²) in [6.07, 6.45) is 6.33. The van der Waals surface area contributed by atoms with Crippen LogP contribution in [0.2, 0.25) is 0 Å². The molecule has 0 radical (unpaired) electrons. The zero-order chi connectivity index (χ0) is 19.3. The van der Waals surface area contributed by atoms with Gasteiger partial charge in [0.15, 0.2) is 0 Å². The summed E-state index contributed by atoms with van der Waals surface area (Å²) in [5, 5.41) is 3.30. The van der Waals surface area contributed by atoms with Gasteiger partial charge in [0.05, 0.1) is 6.04 Å². The average molecular weight is 386 g/mol. The lowest BCUT2D eigenvalue weighted by atomic mass is 9.92. The normalized spacial score (nSPS) is 24.4. The van der Waals surface area contributed by atoms with Gasteiger partial charge in [-0.25, -0.2) is 4.79 Å². The van der Waals surface area contributed by atoms with Crippen LogP contribution in [-0.4, -0.2) is 60.6 Å². The minimum atomic E-state index is -0.273. The Morgan fingerprint density at radius 1 is 0.929 bits per heavy atom. The van der Waals surface area contributed by atoms with Gasteiger partial charge in [0, 0.05) is 32.8 Å². The fraction of sp³-hybridized carbons (Fsp3) is 0.636. The van der Waals surface area contributed by atoms with Gasteiger partial charge in [0.1, 0.15) is 6.10 Å². The molecule has 2 saturated heterocycles. The molecule has 2 heterocycles. The van der Waals surface area contributed by atoms with Gasteiger partial charge in [-0.3, -0.25) is 4.79 Å². The molecule has 3 aliphatic rings. The van der Waals surface area contributed by atoms with E-state index in [2.05, 4.69) is 17.4 Å². The van der Waals surface area contributed by atoms with Gasteiger partial charge >= 0.3 is 6.03 Å². The molecule has 1 saturated carbocycles. The first-order chi connectivity index (χ1) is 13.7. The number of hydrogen-bond acceptors (Lipinski definition) is 3. The standard InChI is InChI=1S/C22H31N3O3/c26-21(19-11-6-16-28-19)24-12-14-25(15-13-24)22(27)23-20(18-9-4-5-10-18)17-7-2-1-3-8-17/h1-3,7-8,18-20H,4-6,9-16H2,(H,23,27). The molecule has 6 nitrogen and oxygen atoms in total. The third-order valence-corrected chi connectivity index (χ3v) is 6.39. The second-order valence-electron chi connectivity index (χ2n) is 8.20. The average Bonchev–Trinajstić information content (AvgIpc) is 3.46. The predicted molar refractivity (Wildman–Crippen MR) is 107 cm³/mol. The molecule has 1 aromatic carbocycles. The molecule has 2 unspecified atom stereocenters. The molecule has 2 aliphatic heterocycles. The Kier molecular flexibility index (Phi) is 6.15. The molecule has 3 amide bonds. The Hall–Kier alpha value is -2.08. The van der Waals surface area contributed by atoms with E-state index in [1.54, 1.807) is 0 Å². The van der Waals surface area contributed by atoms with E-state index in [1.807, 2.05) is 28.0 Å². The number of piperazine rings is 1. The maximum Gasteiger partial charge on any atom is 0.318 e. The smallest absolute Gasteiger partial charge is 0.318 e. The number of hydrogen-bond donors (Lipinski definition) is 1. The third-order valence-electron chi connectivity index (χ3n) is 6.39. The zero-order valence-corrected chi connectivity index (χ0v) is 16.5. The van der Waals surface area contributed by atoms with E-state index < -0.39 is 0 Å². The van der Waals surface area contributed by atoms with Crippen molar-refractivity contribution in [2.45, 2.75) is 50.7 Å². The number of nitrogens with zero attached hydrogens (tertiary/aromatic N) is 2. The Balaban J connectivity index is 1.34. The van der Waals surface area contributed by atoms with Crippen molar-refractivity contribution >= 4 is 11.9 Å². The van der Waals surface area contributed by atoms with E-state index in [0.717, 1.165) is 12.8 Å². The number of carbonyl (C=O) groups excluding carboxylic acids is 2. The van der Waals surface area contributed by atoms with E-state index in [-0.39, 0.29) is 24.1 Å². The fourth-order valence-electron chi connectivity index (χ4n) is 4.75. The highest BCUT2D eigenvalue weighted by Gasteiger charge is 2.33. The van der Waals surface area contributed by atoms with E-state index >= 15 is 0 Å². The summed E-state index contributed by atoms with van der Waals surface area (Å²) in [4.78, 5) is 29.2. The Bertz CT molecular complexity index is 661. The topological polar surface area (TPSA) is 61.9 Å². The molecule has 1 aliphatic carbocycles. The van der Waals surface area contributed by atoms with E-state index in [4.69, 9.17) is 4.74 Å². The van der Waals surface area contributed by atoms with Crippen LogP contribution in [0.4, 0.5) is 4.79 Å². The molecule has 6 heteroatoms. The maximum atomic E-state index is 13.0. The van der Waals surface area contributed by atoms with Crippen molar-refractivity contribution in [3.8, 4) is 0 Å². The van der Waals surface area contributed by atoms with E-state index in [1.165, 1.54) is 31.2 Å². The summed E-state index contributed by atoms with van der Waals surface area (Å²) in [5.41, 5.74) is 1.19. The molecule has 0 aromatic heterocycles. The van der Waals surface area contributed by atoms with Crippen molar-refractivity contribution in [3.63, 3.8) is 0 Å². The molecule has 1 N–H and O–H groups in total. The van der Waals surface area contributed by atoms with E-state index in [9.17, 15) is 9.59 Å². The lowest BCUT2D eigenvalue weighted by Gasteiger charge is -2.37. The first-order valence-electron chi connectivity index (χ1n) is 10.7. The van der Waals surface area contributed by atoms with Gasteiger partial charge in [0.25, 0.3) is 5.91 Å². The van der Waals surface area contributed by atoms with Crippen LogP contribution < -0.4 is 5.32 Å². The highest BCUT2D eigenvalue weighted by molar-refractivity contribution is 5.82. The highest BCUT2D eigenvalue weighted by atomic mass is 16.5. The van der Waals surface area contributed by atoms with E-state index in [0.29, 0.717) is 38.7 Å². The van der Waals surface area contributed by atoms with Gasteiger partial charge in [-0.05, 0) is 37.2 Å². The van der Waals surface area contributed by atoms with Crippen molar-refractivity contribution in [3.05, 3.63) is 35.9 Å². The molecular formula is C22H31N3O3. The Labute approximate surface area is 167 Å². The molecule has 0 bridgehead atoms. The second kappa shape index (κ2) is 8.95. The number of nitrogens with one attached hydrogen (secondary N) is 1. The minimum absolute atomic E-state index is 0.00929. The first kappa shape index (κ1) is 19.2. The molecule has 152 valence electrons. The van der Waals surface area contributed by atoms with Crippen LogP contribution in [0.5, 0.6) is 0 Å². The third kappa shape index (κ3) is 4.32. The number of ether oxygens (including phenoxy) is 1. The Morgan fingerprint density at radius 3 is 2.25 bits per heavy atom. The quantitative estimate of drug-likeness (QED) is 0.867. The van der Waals surface area contributed by atoms with Crippen LogP contribution in [0.15, 0.2) is 30.3 Å². The van der Waals surface area contributed by atoms with Crippen molar-refractivity contribution in [2.24, 2.45) is 5.92 Å². The summed E-state index contributed by atoms with van der Waals surface area (Å²) in [6.45, 7) is 3.02. The van der Waals surface area contributed by atoms with Gasteiger partial charge in [-0.15, -0.1) is 0 Å². The number of urea groups is 1. The Morgan fingerprint density at radius 2 is 1.61 bits per heavy atom. The molecule has 3 fully saturated rings. The largest absolute Gasteiger partial charge is 0.368 e. The van der Waals surface area contributed by atoms with Crippen molar-refractivity contribution in [1.29, 1.82) is 0 Å². The number of rotatable bonds is 4. The van der Waals surface area contributed by atoms with Crippen molar-refractivity contribution in [1.82, 2.24) is 15.1 Å². The monoisotopic (exact) mass is 385 g/mol. The van der Waals surface area contributed by atoms with Gasteiger partial charge in [0.2, 0.25) is 0 Å². The van der Waals surface area contributed by atoms with Crippen LogP contribution in [0.3, 0.4) is 0 Å². The second-order valence-corrected chi connectivity index (χ2v) is 8.20. The van der Waals surface area contributed by atoms with Gasteiger partial charge < -0.3 is 19.9 Å². The molecule has 2 atom stereocenters. The minimum Gasteiger partial charge on any atom is -0.368 e.